The Morgan fingerprint density at radius 2 is 2.17 bits per heavy atom. The maximum atomic E-state index is 5.63. The van der Waals surface area contributed by atoms with Gasteiger partial charge in [-0.15, -0.1) is 0 Å². The smallest absolute Gasteiger partial charge is 0.131 e. The Kier molecular flexibility index (Phi) is 4.25. The van der Waals surface area contributed by atoms with Crippen LogP contribution in [0.25, 0.3) is 0 Å². The van der Waals surface area contributed by atoms with Crippen molar-refractivity contribution in [1.82, 2.24) is 4.98 Å². The number of aryl methyl sites for hydroxylation is 1. The van der Waals surface area contributed by atoms with Crippen molar-refractivity contribution in [1.29, 1.82) is 0 Å². The number of aromatic nitrogens is 1. The van der Waals surface area contributed by atoms with E-state index >= 15 is 0 Å². The lowest BCUT2D eigenvalue weighted by molar-refractivity contribution is -0.0448. The first-order valence-electron chi connectivity index (χ1n) is 6.25. The minimum absolute atomic E-state index is 0.0749. The van der Waals surface area contributed by atoms with Gasteiger partial charge in [0.2, 0.25) is 0 Å². The van der Waals surface area contributed by atoms with Crippen LogP contribution in [0.4, 0.5) is 5.82 Å². The maximum Gasteiger partial charge on any atom is 0.131 e. The van der Waals surface area contributed by atoms with Gasteiger partial charge in [-0.1, -0.05) is 0 Å². The number of rotatable bonds is 3. The van der Waals surface area contributed by atoms with E-state index in [0.717, 1.165) is 36.2 Å². The minimum atomic E-state index is -0.0749. The highest BCUT2D eigenvalue weighted by molar-refractivity contribution is 9.10. The number of hydrogen-bond donors (Lipinski definition) is 1. The molecule has 0 unspecified atom stereocenters. The predicted molar refractivity (Wildman–Crippen MR) is 76.7 cm³/mol. The zero-order chi connectivity index (χ0) is 13.2. The van der Waals surface area contributed by atoms with Crippen molar-refractivity contribution in [3.63, 3.8) is 0 Å². The van der Waals surface area contributed by atoms with Gasteiger partial charge in [0, 0.05) is 23.8 Å². The van der Waals surface area contributed by atoms with E-state index in [1.807, 2.05) is 6.20 Å². The number of halogens is 1. The fraction of sp³-hybridized carbons (Fsp3) is 0.615. The standard InChI is InChI=1S/C13H20BrN3O/c1-10-7-11(14)8-16-12(10)17-5-3-13(2,4-6-17)18-9-15/h7-8H,3-6,9,15H2,1-2H3. The molecule has 0 amide bonds. The fourth-order valence-electron chi connectivity index (χ4n) is 2.40. The highest BCUT2D eigenvalue weighted by Gasteiger charge is 2.31. The van der Waals surface area contributed by atoms with Crippen LogP contribution in [0.3, 0.4) is 0 Å². The zero-order valence-corrected chi connectivity index (χ0v) is 12.5. The molecule has 18 heavy (non-hydrogen) atoms. The highest BCUT2D eigenvalue weighted by Crippen LogP contribution is 2.29. The Labute approximate surface area is 117 Å². The SMILES string of the molecule is Cc1cc(Br)cnc1N1CCC(C)(OCN)CC1. The Bertz CT molecular complexity index is 417. The first kappa shape index (κ1) is 13.8. The first-order chi connectivity index (χ1) is 8.54. The van der Waals surface area contributed by atoms with Crippen LogP contribution in [-0.4, -0.2) is 30.4 Å². The third-order valence-corrected chi connectivity index (χ3v) is 4.00. The van der Waals surface area contributed by atoms with Crippen LogP contribution in [0.2, 0.25) is 0 Å². The first-order valence-corrected chi connectivity index (χ1v) is 7.04. The molecule has 0 spiro atoms. The molecular formula is C13H20BrN3O. The summed E-state index contributed by atoms with van der Waals surface area (Å²) in [6.07, 6.45) is 3.83. The number of pyridine rings is 1. The molecule has 100 valence electrons. The summed E-state index contributed by atoms with van der Waals surface area (Å²) in [6, 6.07) is 2.10. The van der Waals surface area contributed by atoms with E-state index < -0.39 is 0 Å². The summed E-state index contributed by atoms with van der Waals surface area (Å²) in [5.41, 5.74) is 6.60. The summed E-state index contributed by atoms with van der Waals surface area (Å²) in [5.74, 6) is 1.08. The van der Waals surface area contributed by atoms with E-state index in [0.29, 0.717) is 6.73 Å². The molecule has 2 N–H and O–H groups in total. The van der Waals surface area contributed by atoms with Gasteiger partial charge in [-0.2, -0.15) is 0 Å². The van der Waals surface area contributed by atoms with Crippen LogP contribution < -0.4 is 10.6 Å². The van der Waals surface area contributed by atoms with Crippen molar-refractivity contribution in [2.24, 2.45) is 5.73 Å². The normalized spacial score (nSPS) is 19.0. The molecule has 1 fully saturated rings. The van der Waals surface area contributed by atoms with Crippen molar-refractivity contribution in [3.05, 3.63) is 22.3 Å². The van der Waals surface area contributed by atoms with Gasteiger partial charge in [0.1, 0.15) is 5.82 Å². The molecule has 0 saturated carbocycles. The van der Waals surface area contributed by atoms with Crippen LogP contribution in [-0.2, 0) is 4.74 Å². The Hall–Kier alpha value is -0.650. The second-order valence-corrected chi connectivity index (χ2v) is 5.96. The molecule has 2 heterocycles. The fourth-order valence-corrected chi connectivity index (χ4v) is 2.85. The summed E-state index contributed by atoms with van der Waals surface area (Å²) in [4.78, 5) is 6.83. The topological polar surface area (TPSA) is 51.4 Å². The van der Waals surface area contributed by atoms with Crippen LogP contribution >= 0.6 is 15.9 Å². The Morgan fingerprint density at radius 3 is 2.72 bits per heavy atom. The van der Waals surface area contributed by atoms with Crippen molar-refractivity contribution in [2.45, 2.75) is 32.3 Å². The Morgan fingerprint density at radius 1 is 1.50 bits per heavy atom. The van der Waals surface area contributed by atoms with Gasteiger partial charge in [-0.3, -0.25) is 0 Å². The van der Waals surface area contributed by atoms with E-state index in [1.54, 1.807) is 0 Å². The van der Waals surface area contributed by atoms with Crippen molar-refractivity contribution < 1.29 is 4.74 Å². The van der Waals surface area contributed by atoms with Crippen LogP contribution in [0.1, 0.15) is 25.3 Å². The second-order valence-electron chi connectivity index (χ2n) is 5.04. The van der Waals surface area contributed by atoms with E-state index in [9.17, 15) is 0 Å². The van der Waals surface area contributed by atoms with Gasteiger partial charge >= 0.3 is 0 Å². The molecular weight excluding hydrogens is 294 g/mol. The number of nitrogens with two attached hydrogens (primary N) is 1. The van der Waals surface area contributed by atoms with Crippen molar-refractivity contribution in [3.8, 4) is 0 Å². The average molecular weight is 314 g/mol. The molecule has 1 aromatic rings. The number of nitrogens with zero attached hydrogens (tertiary/aromatic N) is 2. The van der Waals surface area contributed by atoms with E-state index in [1.165, 1.54) is 5.56 Å². The van der Waals surface area contributed by atoms with Gasteiger partial charge in [0.15, 0.2) is 0 Å². The molecule has 1 saturated heterocycles. The maximum absolute atomic E-state index is 5.63. The average Bonchev–Trinajstić information content (AvgIpc) is 2.31. The molecule has 1 aliphatic heterocycles. The van der Waals surface area contributed by atoms with Crippen LogP contribution in [0.5, 0.6) is 0 Å². The summed E-state index contributed by atoms with van der Waals surface area (Å²) in [6.45, 7) is 6.46. The summed E-state index contributed by atoms with van der Waals surface area (Å²) in [7, 11) is 0. The largest absolute Gasteiger partial charge is 0.360 e. The van der Waals surface area contributed by atoms with E-state index in [-0.39, 0.29) is 5.60 Å². The lowest BCUT2D eigenvalue weighted by Gasteiger charge is -2.39. The third kappa shape index (κ3) is 3.02. The van der Waals surface area contributed by atoms with Gasteiger partial charge < -0.3 is 15.4 Å². The molecule has 0 aliphatic carbocycles. The molecule has 0 atom stereocenters. The van der Waals surface area contributed by atoms with Gasteiger partial charge in [-0.25, -0.2) is 4.98 Å². The van der Waals surface area contributed by atoms with Gasteiger partial charge in [-0.05, 0) is 54.2 Å². The van der Waals surface area contributed by atoms with Crippen molar-refractivity contribution >= 4 is 21.7 Å². The third-order valence-electron chi connectivity index (χ3n) is 3.57. The molecule has 0 bridgehead atoms. The van der Waals surface area contributed by atoms with E-state index in [2.05, 4.69) is 45.7 Å². The summed E-state index contributed by atoms with van der Waals surface area (Å²) >= 11 is 3.44. The number of ether oxygens (including phenoxy) is 1. The zero-order valence-electron chi connectivity index (χ0n) is 10.9. The monoisotopic (exact) mass is 313 g/mol. The molecule has 2 rings (SSSR count). The quantitative estimate of drug-likeness (QED) is 0.871. The van der Waals surface area contributed by atoms with Crippen LogP contribution in [0, 0.1) is 6.92 Å². The number of hydrogen-bond acceptors (Lipinski definition) is 4. The lowest BCUT2D eigenvalue weighted by atomic mass is 9.93. The highest BCUT2D eigenvalue weighted by atomic mass is 79.9. The van der Waals surface area contributed by atoms with Gasteiger partial charge in [0.05, 0.1) is 12.3 Å². The molecule has 0 aromatic carbocycles. The predicted octanol–water partition coefficient (Wildman–Crippen LogP) is 2.44. The van der Waals surface area contributed by atoms with Crippen molar-refractivity contribution in [2.75, 3.05) is 24.7 Å². The van der Waals surface area contributed by atoms with Crippen LogP contribution in [0.15, 0.2) is 16.7 Å². The van der Waals surface area contributed by atoms with E-state index in [4.69, 9.17) is 10.5 Å². The Balaban J connectivity index is 2.05. The lowest BCUT2D eigenvalue weighted by Crippen LogP contribution is -2.45. The molecule has 1 aromatic heterocycles. The molecule has 4 nitrogen and oxygen atoms in total. The summed E-state index contributed by atoms with van der Waals surface area (Å²) < 4.78 is 6.65. The summed E-state index contributed by atoms with van der Waals surface area (Å²) in [5, 5.41) is 0. The second kappa shape index (κ2) is 5.55. The molecule has 5 heteroatoms. The minimum Gasteiger partial charge on any atom is -0.360 e. The molecule has 1 aliphatic rings. The molecule has 0 radical (unpaired) electrons. The number of piperidine rings is 1. The van der Waals surface area contributed by atoms with Gasteiger partial charge in [0.25, 0.3) is 0 Å². The number of anilines is 1.